The molecule has 1 N–H and O–H groups in total. The number of nitrogens with one attached hydrogen (secondary N) is 1. The van der Waals surface area contributed by atoms with Gasteiger partial charge >= 0.3 is 48.8 Å². The molecule has 0 saturated carbocycles. The molecule has 1 fully saturated rings. The Balaban J connectivity index is 2.18. The maximum atomic E-state index is 3.38. The molecule has 1 aliphatic rings. The first kappa shape index (κ1) is 4.84. The van der Waals surface area contributed by atoms with E-state index < -0.39 is 0 Å². The van der Waals surface area contributed by atoms with E-state index in [4.69, 9.17) is 0 Å². The van der Waals surface area contributed by atoms with Gasteiger partial charge in [-0.25, -0.2) is 0 Å². The van der Waals surface area contributed by atoms with Gasteiger partial charge in [0.1, 0.15) is 0 Å². The third kappa shape index (κ3) is 1.08. The molecule has 0 aromatic heterocycles. The van der Waals surface area contributed by atoms with Gasteiger partial charge in [-0.05, 0) is 0 Å². The van der Waals surface area contributed by atoms with Crippen LogP contribution in [0.4, 0.5) is 0 Å². The molecule has 0 amide bonds. The molecular formula is C4H9IN-. The van der Waals surface area contributed by atoms with E-state index in [0.29, 0.717) is 21.5 Å². The molecule has 0 spiro atoms. The molecule has 1 nitrogen and oxygen atoms in total. The predicted molar refractivity (Wildman–Crippen MR) is 22.0 cm³/mol. The Kier molecular flexibility index (Phi) is 1.71. The molecule has 1 unspecified atom stereocenters. The van der Waals surface area contributed by atoms with Crippen molar-refractivity contribution < 1.29 is 21.5 Å². The number of halogens is 1. The number of alkyl halides is 1. The van der Waals surface area contributed by atoms with E-state index in [9.17, 15) is 0 Å². The van der Waals surface area contributed by atoms with Crippen LogP contribution in [0.3, 0.4) is 0 Å². The Hall–Kier alpha value is 0.690. The molecule has 1 saturated heterocycles. The summed E-state index contributed by atoms with van der Waals surface area (Å²) < 4.78 is 4.87. The monoisotopic (exact) mass is 198 g/mol. The zero-order valence-corrected chi connectivity index (χ0v) is 6.03. The van der Waals surface area contributed by atoms with Crippen LogP contribution in [-0.4, -0.2) is 11.0 Å². The zero-order chi connectivity index (χ0) is 4.41. The van der Waals surface area contributed by atoms with Crippen LogP contribution in [-0.2, 0) is 0 Å². The fraction of sp³-hybridized carbons (Fsp3) is 1.00. The molecule has 6 heavy (non-hydrogen) atoms. The van der Waals surface area contributed by atoms with Crippen LogP contribution >= 0.6 is 0 Å². The fourth-order valence-corrected chi connectivity index (χ4v) is 2.86. The van der Waals surface area contributed by atoms with Crippen molar-refractivity contribution >= 4 is 0 Å². The van der Waals surface area contributed by atoms with Crippen LogP contribution in [0.15, 0.2) is 0 Å². The third-order valence-electron chi connectivity index (χ3n) is 0.861. The van der Waals surface area contributed by atoms with Crippen molar-refractivity contribution in [2.45, 2.75) is 6.92 Å². The summed E-state index contributed by atoms with van der Waals surface area (Å²) in [6.45, 7) is 3.59. The predicted octanol–water partition coefficient (Wildman–Crippen LogP) is -2.77. The molecule has 0 aromatic rings. The minimum absolute atomic E-state index is 0.452. The van der Waals surface area contributed by atoms with Gasteiger partial charge in [-0.2, -0.15) is 0 Å². The number of hydrogen-bond acceptors (Lipinski definition) is 1. The molecule has 0 radical (unpaired) electrons. The normalized spacial score (nSPS) is 35.8. The van der Waals surface area contributed by atoms with Gasteiger partial charge in [0.25, 0.3) is 0 Å². The van der Waals surface area contributed by atoms with Crippen molar-refractivity contribution in [2.75, 3.05) is 11.0 Å². The van der Waals surface area contributed by atoms with Crippen LogP contribution in [0.1, 0.15) is 6.92 Å². The topological polar surface area (TPSA) is 12.0 Å². The van der Waals surface area contributed by atoms with Crippen LogP contribution in [0, 0.1) is 5.92 Å². The summed E-state index contributed by atoms with van der Waals surface area (Å²) in [7, 11) is 0. The van der Waals surface area contributed by atoms with E-state index in [1.165, 1.54) is 11.0 Å². The van der Waals surface area contributed by atoms with Crippen molar-refractivity contribution in [3.8, 4) is 0 Å². The van der Waals surface area contributed by atoms with Crippen molar-refractivity contribution in [3.05, 3.63) is 0 Å². The molecule has 1 heterocycles. The van der Waals surface area contributed by atoms with Crippen LogP contribution in [0.2, 0.25) is 0 Å². The summed E-state index contributed by atoms with van der Waals surface area (Å²) >= 11 is 0.452. The first-order chi connectivity index (χ1) is 2.89. The first-order valence-corrected chi connectivity index (χ1v) is 4.81. The maximum absolute atomic E-state index is 3.38. The van der Waals surface area contributed by atoms with Crippen molar-refractivity contribution in [1.82, 2.24) is 3.53 Å². The Morgan fingerprint density at radius 2 is 2.67 bits per heavy atom. The Morgan fingerprint density at radius 1 is 1.83 bits per heavy atom. The molecule has 1 rings (SSSR count). The first-order valence-electron chi connectivity index (χ1n) is 2.20. The van der Waals surface area contributed by atoms with Gasteiger partial charge in [-0.15, -0.1) is 0 Å². The summed E-state index contributed by atoms with van der Waals surface area (Å²) in [5.74, 6) is 0.984. The van der Waals surface area contributed by atoms with E-state index in [1.54, 1.807) is 0 Å². The third-order valence-corrected chi connectivity index (χ3v) is 3.78. The van der Waals surface area contributed by atoms with Crippen molar-refractivity contribution in [1.29, 1.82) is 0 Å². The van der Waals surface area contributed by atoms with Gasteiger partial charge in [-0.1, -0.05) is 0 Å². The van der Waals surface area contributed by atoms with E-state index in [1.807, 2.05) is 0 Å². The second-order valence-corrected chi connectivity index (χ2v) is 4.14. The Morgan fingerprint density at radius 3 is 2.83 bits per heavy atom. The number of hydrogen-bond donors (Lipinski definition) is 1. The van der Waals surface area contributed by atoms with Gasteiger partial charge in [0.05, 0.1) is 0 Å². The zero-order valence-electron chi connectivity index (χ0n) is 3.87. The molecule has 0 aromatic carbocycles. The minimum atomic E-state index is 0.452. The quantitative estimate of drug-likeness (QED) is 0.252. The summed E-state index contributed by atoms with van der Waals surface area (Å²) in [5, 5.41) is 0. The summed E-state index contributed by atoms with van der Waals surface area (Å²) in [5.41, 5.74) is 0. The average Bonchev–Trinajstić information content (AvgIpc) is 1.86. The fourth-order valence-electron chi connectivity index (χ4n) is 0.427. The molecule has 0 aliphatic carbocycles. The molecule has 2 heteroatoms. The van der Waals surface area contributed by atoms with E-state index in [-0.39, 0.29) is 0 Å². The van der Waals surface area contributed by atoms with Gasteiger partial charge < -0.3 is 0 Å². The van der Waals surface area contributed by atoms with Gasteiger partial charge in [0.15, 0.2) is 0 Å². The van der Waals surface area contributed by atoms with E-state index in [2.05, 4.69) is 10.5 Å². The van der Waals surface area contributed by atoms with E-state index in [0.717, 1.165) is 5.92 Å². The standard InChI is InChI=1S/C4H9IN/c1-4-2-5-6-3-4/h4,6H,2-3H2,1H3/q-1. The molecule has 38 valence electrons. The average molecular weight is 198 g/mol. The van der Waals surface area contributed by atoms with Gasteiger partial charge in [0.2, 0.25) is 0 Å². The van der Waals surface area contributed by atoms with Gasteiger partial charge in [-0.3, -0.25) is 0 Å². The van der Waals surface area contributed by atoms with Crippen LogP contribution in [0.25, 0.3) is 0 Å². The molecule has 1 aliphatic heterocycles. The summed E-state index contributed by atoms with van der Waals surface area (Å²) in [6.07, 6.45) is 0. The summed E-state index contributed by atoms with van der Waals surface area (Å²) in [6, 6.07) is 0. The molecule has 1 atom stereocenters. The Bertz CT molecular complexity index is 40.8. The second kappa shape index (κ2) is 2.12. The van der Waals surface area contributed by atoms with Crippen molar-refractivity contribution in [2.24, 2.45) is 5.92 Å². The van der Waals surface area contributed by atoms with E-state index >= 15 is 0 Å². The molecular weight excluding hydrogens is 189 g/mol. The summed E-state index contributed by atoms with van der Waals surface area (Å²) in [4.78, 5) is 0. The van der Waals surface area contributed by atoms with Crippen LogP contribution in [0.5, 0.6) is 0 Å². The Labute approximate surface area is 49.1 Å². The van der Waals surface area contributed by atoms with Gasteiger partial charge in [0, 0.05) is 0 Å². The number of rotatable bonds is 0. The molecule has 0 bridgehead atoms. The SMILES string of the molecule is CC1CN[I-]C1. The van der Waals surface area contributed by atoms with Crippen LogP contribution < -0.4 is 25.0 Å². The van der Waals surface area contributed by atoms with Crippen molar-refractivity contribution in [3.63, 3.8) is 0 Å². The second-order valence-electron chi connectivity index (χ2n) is 1.73.